The Morgan fingerprint density at radius 2 is 1.78 bits per heavy atom. The fourth-order valence-electron chi connectivity index (χ4n) is 3.99. The summed E-state index contributed by atoms with van der Waals surface area (Å²) in [6.45, 7) is 13.1. The normalized spacial score (nSPS) is 15.6. The quantitative estimate of drug-likeness (QED) is 0.765. The molecule has 0 saturated carbocycles. The lowest BCUT2D eigenvalue weighted by atomic mass is 9.77. The summed E-state index contributed by atoms with van der Waals surface area (Å²) in [5.74, 6) is -0.895. The van der Waals surface area contributed by atoms with Crippen molar-refractivity contribution in [2.45, 2.75) is 52.5 Å². The SMILES string of the molecule is CCN(c1ccc(C(=O)O)cc1)c1ccc2c(c1)N(C(C)C)CCC2(C)C. The van der Waals surface area contributed by atoms with E-state index in [0.717, 1.165) is 30.9 Å². The Hall–Kier alpha value is -2.49. The van der Waals surface area contributed by atoms with Gasteiger partial charge in [0.15, 0.2) is 0 Å². The van der Waals surface area contributed by atoms with E-state index in [1.54, 1.807) is 12.1 Å². The molecule has 144 valence electrons. The van der Waals surface area contributed by atoms with Crippen LogP contribution in [0, 0.1) is 0 Å². The van der Waals surface area contributed by atoms with Crippen LogP contribution >= 0.6 is 0 Å². The minimum absolute atomic E-state index is 0.180. The molecular formula is C23H30N2O2. The number of hydrogen-bond donors (Lipinski definition) is 1. The molecule has 0 unspecified atom stereocenters. The molecule has 27 heavy (non-hydrogen) atoms. The Bertz CT molecular complexity index is 825. The molecular weight excluding hydrogens is 336 g/mol. The minimum atomic E-state index is -0.895. The van der Waals surface area contributed by atoms with Gasteiger partial charge < -0.3 is 14.9 Å². The Balaban J connectivity index is 2.03. The number of rotatable bonds is 5. The number of anilines is 3. The third kappa shape index (κ3) is 3.66. The summed E-state index contributed by atoms with van der Waals surface area (Å²) in [5.41, 5.74) is 5.37. The molecule has 0 atom stereocenters. The molecule has 0 aliphatic carbocycles. The standard InChI is InChI=1S/C23H30N2O2/c1-6-24(18-9-7-17(8-10-18)22(26)27)19-11-12-20-21(15-19)25(16(2)3)14-13-23(20,4)5/h7-12,15-16H,6,13-14H2,1-5H3,(H,26,27). The lowest BCUT2D eigenvalue weighted by Crippen LogP contribution is -2.41. The van der Waals surface area contributed by atoms with E-state index in [1.807, 2.05) is 12.1 Å². The average molecular weight is 367 g/mol. The Morgan fingerprint density at radius 3 is 2.33 bits per heavy atom. The first-order valence-corrected chi connectivity index (χ1v) is 9.76. The average Bonchev–Trinajstić information content (AvgIpc) is 2.62. The van der Waals surface area contributed by atoms with Crippen LogP contribution in [-0.2, 0) is 5.41 Å². The minimum Gasteiger partial charge on any atom is -0.478 e. The molecule has 3 rings (SSSR count). The number of aromatic carboxylic acids is 1. The molecule has 1 aliphatic rings. The van der Waals surface area contributed by atoms with Crippen LogP contribution in [0.2, 0.25) is 0 Å². The second-order valence-corrected chi connectivity index (χ2v) is 8.22. The van der Waals surface area contributed by atoms with Gasteiger partial charge in [-0.05, 0) is 74.6 Å². The molecule has 0 amide bonds. The van der Waals surface area contributed by atoms with Crippen molar-refractivity contribution < 1.29 is 9.90 Å². The maximum Gasteiger partial charge on any atom is 0.335 e. The Kier molecular flexibility index (Phi) is 5.18. The Morgan fingerprint density at radius 1 is 1.15 bits per heavy atom. The highest BCUT2D eigenvalue weighted by Gasteiger charge is 2.32. The predicted octanol–water partition coefficient (Wildman–Crippen LogP) is 5.44. The van der Waals surface area contributed by atoms with Crippen LogP contribution in [0.15, 0.2) is 42.5 Å². The van der Waals surface area contributed by atoms with Gasteiger partial charge in [0, 0.05) is 36.2 Å². The molecule has 4 heteroatoms. The van der Waals surface area contributed by atoms with Gasteiger partial charge in [0.1, 0.15) is 0 Å². The number of hydrogen-bond acceptors (Lipinski definition) is 3. The lowest BCUT2D eigenvalue weighted by molar-refractivity contribution is 0.0697. The van der Waals surface area contributed by atoms with Gasteiger partial charge in [-0.2, -0.15) is 0 Å². The van der Waals surface area contributed by atoms with Gasteiger partial charge >= 0.3 is 5.97 Å². The van der Waals surface area contributed by atoms with E-state index >= 15 is 0 Å². The molecule has 1 heterocycles. The zero-order valence-electron chi connectivity index (χ0n) is 17.0. The lowest BCUT2D eigenvalue weighted by Gasteiger charge is -2.43. The zero-order valence-corrected chi connectivity index (χ0v) is 17.0. The van der Waals surface area contributed by atoms with E-state index in [4.69, 9.17) is 5.11 Å². The van der Waals surface area contributed by atoms with Crippen LogP contribution in [0.3, 0.4) is 0 Å². The largest absolute Gasteiger partial charge is 0.478 e. The van der Waals surface area contributed by atoms with Gasteiger partial charge in [0.05, 0.1) is 5.56 Å². The van der Waals surface area contributed by atoms with Crippen LogP contribution in [-0.4, -0.2) is 30.2 Å². The number of nitrogens with zero attached hydrogens (tertiary/aromatic N) is 2. The molecule has 0 bridgehead atoms. The third-order valence-corrected chi connectivity index (χ3v) is 5.67. The van der Waals surface area contributed by atoms with Gasteiger partial charge in [0.2, 0.25) is 0 Å². The maximum absolute atomic E-state index is 11.1. The van der Waals surface area contributed by atoms with Crippen molar-refractivity contribution >= 4 is 23.0 Å². The monoisotopic (exact) mass is 366 g/mol. The first-order chi connectivity index (χ1) is 12.7. The summed E-state index contributed by atoms with van der Waals surface area (Å²) < 4.78 is 0. The molecule has 1 aliphatic heterocycles. The van der Waals surface area contributed by atoms with Gasteiger partial charge in [-0.25, -0.2) is 4.79 Å². The summed E-state index contributed by atoms with van der Waals surface area (Å²) in [4.78, 5) is 15.8. The molecule has 2 aromatic rings. The molecule has 2 aromatic carbocycles. The van der Waals surface area contributed by atoms with Gasteiger partial charge in [-0.3, -0.25) is 0 Å². The predicted molar refractivity (Wildman–Crippen MR) is 113 cm³/mol. The maximum atomic E-state index is 11.1. The highest BCUT2D eigenvalue weighted by Crippen LogP contribution is 2.43. The van der Waals surface area contributed by atoms with Crippen LogP contribution in [0.25, 0.3) is 0 Å². The van der Waals surface area contributed by atoms with Crippen molar-refractivity contribution in [1.29, 1.82) is 0 Å². The molecule has 0 saturated heterocycles. The van der Waals surface area contributed by atoms with Gasteiger partial charge in [0.25, 0.3) is 0 Å². The number of fused-ring (bicyclic) bond motifs is 1. The molecule has 1 N–H and O–H groups in total. The molecule has 0 radical (unpaired) electrons. The van der Waals surface area contributed by atoms with Crippen LogP contribution in [0.4, 0.5) is 17.1 Å². The van der Waals surface area contributed by atoms with E-state index < -0.39 is 5.97 Å². The summed E-state index contributed by atoms with van der Waals surface area (Å²) in [5, 5.41) is 9.13. The summed E-state index contributed by atoms with van der Waals surface area (Å²) in [6, 6.07) is 14.3. The third-order valence-electron chi connectivity index (χ3n) is 5.67. The topological polar surface area (TPSA) is 43.8 Å². The fraction of sp³-hybridized carbons (Fsp3) is 0.435. The summed E-state index contributed by atoms with van der Waals surface area (Å²) in [6.07, 6.45) is 1.16. The molecule has 0 spiro atoms. The van der Waals surface area contributed by atoms with E-state index in [-0.39, 0.29) is 5.41 Å². The molecule has 0 aromatic heterocycles. The number of carboxylic acids is 1. The van der Waals surface area contributed by atoms with E-state index in [1.165, 1.54) is 11.3 Å². The molecule has 4 nitrogen and oxygen atoms in total. The highest BCUT2D eigenvalue weighted by atomic mass is 16.4. The first-order valence-electron chi connectivity index (χ1n) is 9.76. The summed E-state index contributed by atoms with van der Waals surface area (Å²) in [7, 11) is 0. The number of carbonyl (C=O) groups is 1. The van der Waals surface area contributed by atoms with Gasteiger partial charge in [-0.1, -0.05) is 19.9 Å². The van der Waals surface area contributed by atoms with Crippen molar-refractivity contribution in [1.82, 2.24) is 0 Å². The zero-order chi connectivity index (χ0) is 19.8. The van der Waals surface area contributed by atoms with Crippen molar-refractivity contribution in [2.24, 2.45) is 0 Å². The second kappa shape index (κ2) is 7.26. The van der Waals surface area contributed by atoms with Crippen molar-refractivity contribution in [2.75, 3.05) is 22.9 Å². The van der Waals surface area contributed by atoms with E-state index in [0.29, 0.717) is 11.6 Å². The van der Waals surface area contributed by atoms with Crippen molar-refractivity contribution in [3.63, 3.8) is 0 Å². The van der Waals surface area contributed by atoms with E-state index in [9.17, 15) is 4.79 Å². The second-order valence-electron chi connectivity index (χ2n) is 8.22. The van der Waals surface area contributed by atoms with Crippen molar-refractivity contribution in [3.05, 3.63) is 53.6 Å². The van der Waals surface area contributed by atoms with Crippen LogP contribution < -0.4 is 9.80 Å². The number of benzene rings is 2. The Labute approximate surface area is 162 Å². The first kappa shape index (κ1) is 19.3. The highest BCUT2D eigenvalue weighted by molar-refractivity contribution is 5.88. The van der Waals surface area contributed by atoms with Crippen molar-refractivity contribution in [3.8, 4) is 0 Å². The number of carboxylic acid groups (broad SMARTS) is 1. The smallest absolute Gasteiger partial charge is 0.335 e. The van der Waals surface area contributed by atoms with Crippen LogP contribution in [0.1, 0.15) is 57.0 Å². The van der Waals surface area contributed by atoms with Crippen LogP contribution in [0.5, 0.6) is 0 Å². The summed E-state index contributed by atoms with van der Waals surface area (Å²) >= 11 is 0. The fourth-order valence-corrected chi connectivity index (χ4v) is 3.99. The van der Waals surface area contributed by atoms with E-state index in [2.05, 4.69) is 62.6 Å². The molecule has 0 fully saturated rings. The van der Waals surface area contributed by atoms with Gasteiger partial charge in [-0.15, -0.1) is 0 Å².